The van der Waals surface area contributed by atoms with E-state index in [9.17, 15) is 105 Å². The number of phenolic OH excluding ortho intramolecular Hbond substituents is 1. The van der Waals surface area contributed by atoms with E-state index in [2.05, 4.69) is 0 Å². The molecule has 105 heavy (non-hydrogen) atoms. The van der Waals surface area contributed by atoms with Gasteiger partial charge in [0.15, 0.2) is 43.5 Å². The van der Waals surface area contributed by atoms with E-state index >= 15 is 0 Å². The van der Waals surface area contributed by atoms with Crippen LogP contribution in [-0.2, 0) is 99.8 Å². The Morgan fingerprint density at radius 2 is 0.914 bits per heavy atom. The molecule has 3 aromatic carbocycles. The maximum atomic E-state index is 14.7. The highest BCUT2D eigenvalue weighted by molar-refractivity contribution is 5.90. The molecule has 38 heteroatoms. The molecule has 0 aromatic heterocycles. The van der Waals surface area contributed by atoms with Crippen LogP contribution in [0.3, 0.4) is 0 Å². The van der Waals surface area contributed by atoms with Crippen molar-refractivity contribution in [3.63, 3.8) is 0 Å². The van der Waals surface area contributed by atoms with Crippen molar-refractivity contribution in [1.29, 1.82) is 0 Å². The molecular weight excluding hydrogens is 1410 g/mol. The van der Waals surface area contributed by atoms with Gasteiger partial charge in [0, 0.05) is 32.9 Å². The molecule has 0 bridgehead atoms. The first-order chi connectivity index (χ1) is 49.9. The van der Waals surface area contributed by atoms with Gasteiger partial charge in [0.2, 0.25) is 12.1 Å². The number of carbonyl (C=O) groups excluding carboxylic acids is 6. The van der Waals surface area contributed by atoms with Crippen LogP contribution in [0.4, 0.5) is 0 Å². The Morgan fingerprint density at radius 1 is 0.438 bits per heavy atom. The molecule has 9 rings (SSSR count). The highest BCUT2D eigenvalue weighted by atomic mass is 16.8. The zero-order valence-electron chi connectivity index (χ0n) is 56.3. The lowest BCUT2D eigenvalue weighted by Gasteiger charge is -2.51. The van der Waals surface area contributed by atoms with Crippen molar-refractivity contribution in [3.05, 3.63) is 108 Å². The topological polar surface area (TPSA) is 563 Å². The smallest absolute Gasteiger partial charge is 0.338 e. The zero-order valence-corrected chi connectivity index (χ0v) is 56.3. The monoisotopic (exact) mass is 1500 g/mol. The number of carbonyl (C=O) groups is 6. The van der Waals surface area contributed by atoms with Crippen molar-refractivity contribution in [2.24, 2.45) is 0 Å². The van der Waals surface area contributed by atoms with Crippen molar-refractivity contribution >= 4 is 48.0 Å². The van der Waals surface area contributed by atoms with Crippen LogP contribution in [0.25, 0.3) is 12.2 Å². The van der Waals surface area contributed by atoms with Gasteiger partial charge in [-0.15, -0.1) is 0 Å². The Labute approximate surface area is 596 Å². The van der Waals surface area contributed by atoms with Crippen molar-refractivity contribution in [3.8, 4) is 11.5 Å². The number of aliphatic hydroxyl groups excluding tert-OH is 14. The summed E-state index contributed by atoms with van der Waals surface area (Å²) in [5, 5.41) is 164. The average molecular weight is 1500 g/mol. The fraction of sp³-hybridized carbons (Fsp3) is 0.582. The summed E-state index contributed by atoms with van der Waals surface area (Å²) in [6.07, 6.45) is -54.0. The van der Waals surface area contributed by atoms with Crippen LogP contribution in [0, 0.1) is 0 Å². The molecule has 6 fully saturated rings. The first-order valence-electron chi connectivity index (χ1n) is 32.8. The SMILES string of the molecule is CC(=O)OC[C@H]1O[C@H](O[C@]2(COC(=O)/C=C/c3ccc(O)cc3)O[C@H](CO)[C@@H](O)[C@@H]2OC(=O)c2ccccc2)[C@H](O[C@@H]2O[C@H](CO)[C@@H](O)[C@H](O)[C@H]2O)[C@@H](O[C@@H]2O[C@H](COC(C)=O)[C@@H](OC(C)=O)[C@H](O[C@@H]3O[C@H](CO)[C@@H](O)[C@H](O)[C@H]3O)[C@H]2O)[C@@H]1OC(=O)/C=C/c1ccc(O[C@@H]2O[C@@H](C)[C@H](O)[C@@H](O)[C@H]2O)cc1. The van der Waals surface area contributed by atoms with Gasteiger partial charge in [-0.25, -0.2) is 14.4 Å². The van der Waals surface area contributed by atoms with Crippen LogP contribution in [0.15, 0.2) is 91.0 Å². The number of aliphatic hydroxyl groups is 14. The van der Waals surface area contributed by atoms with Crippen molar-refractivity contribution in [2.45, 2.75) is 205 Å². The number of esters is 6. The molecule has 6 saturated heterocycles. The lowest BCUT2D eigenvalue weighted by Crippen LogP contribution is -2.70. The zero-order chi connectivity index (χ0) is 76.3. The molecule has 0 amide bonds. The standard InChI is InChI=1S/C67H84O38/c1-28-44(77)48(81)51(84)62(92-28)94-36-18-12-33(13-19-36)15-21-43(76)99-56-41(26-90-30(3)72)98-66(105-67(27-91-42(75)20-14-32-10-16-35(74)17-11-32)60(47(80)39(24-70)104-67)103-61(88)34-8-6-5-7-9-34)59(102-64-53(86)50(83)46(79)38(23-69)96-64)58(56)101-65-54(87)57(55(93-31(4)73)40(97-65)25-89-29(2)71)100-63-52(85)49(82)45(78)37(22-68)95-63/h5-21,28,37-41,44-60,62-66,68-70,74,77-87H,22-27H2,1-4H3/b20-14+,21-15+/t28-,37+,38+,39+,40+,41+,44-,45+,46+,47+,48+,49-,50-,51+,52+,53+,54+,55+,56+,57+,58-,59+,60-,62-,63-,64-,65-,66+,67-/m0/s1. The van der Waals surface area contributed by atoms with Gasteiger partial charge in [0.1, 0.15) is 147 Å². The Kier molecular flexibility index (Phi) is 28.4. The summed E-state index contributed by atoms with van der Waals surface area (Å²) < 4.78 is 102. The third-order valence-corrected chi connectivity index (χ3v) is 17.5. The van der Waals surface area contributed by atoms with Gasteiger partial charge in [0.25, 0.3) is 0 Å². The van der Waals surface area contributed by atoms with Crippen LogP contribution < -0.4 is 4.74 Å². The van der Waals surface area contributed by atoms with E-state index in [1.54, 1.807) is 0 Å². The summed E-state index contributed by atoms with van der Waals surface area (Å²) in [5.74, 6) is -10.2. The van der Waals surface area contributed by atoms with E-state index in [-0.39, 0.29) is 22.6 Å². The number of phenols is 1. The van der Waals surface area contributed by atoms with Crippen molar-refractivity contribution in [2.75, 3.05) is 39.6 Å². The Balaban J connectivity index is 1.20. The Hall–Kier alpha value is -7.40. The molecule has 15 N–H and O–H groups in total. The maximum Gasteiger partial charge on any atom is 0.338 e. The predicted molar refractivity (Wildman–Crippen MR) is 338 cm³/mol. The summed E-state index contributed by atoms with van der Waals surface area (Å²) in [6, 6.07) is 17.9. The Bertz CT molecular complexity index is 3410. The summed E-state index contributed by atoms with van der Waals surface area (Å²) in [5.41, 5.74) is 0.372. The number of hydrogen-bond donors (Lipinski definition) is 15. The van der Waals surface area contributed by atoms with Gasteiger partial charge in [-0.3, -0.25) is 14.4 Å². The molecule has 0 saturated carbocycles. The highest BCUT2D eigenvalue weighted by Gasteiger charge is 2.65. The van der Waals surface area contributed by atoms with Crippen molar-refractivity contribution < 1.29 is 186 Å². The maximum absolute atomic E-state index is 14.7. The molecule has 0 aliphatic carbocycles. The number of rotatable bonds is 27. The van der Waals surface area contributed by atoms with Crippen LogP contribution in [0.2, 0.25) is 0 Å². The number of aromatic hydroxyl groups is 1. The second-order valence-corrected chi connectivity index (χ2v) is 25.0. The fourth-order valence-electron chi connectivity index (χ4n) is 12.0. The molecule has 3 aromatic rings. The number of ether oxygens (including phenoxy) is 17. The van der Waals surface area contributed by atoms with Gasteiger partial charge < -0.3 is 157 Å². The lowest BCUT2D eigenvalue weighted by atomic mass is 9.95. The van der Waals surface area contributed by atoms with E-state index in [4.69, 9.17) is 80.5 Å². The van der Waals surface area contributed by atoms with Crippen LogP contribution in [-0.4, -0.2) is 330 Å². The van der Waals surface area contributed by atoms with E-state index in [1.807, 2.05) is 0 Å². The first-order valence-corrected chi connectivity index (χ1v) is 32.8. The molecule has 0 spiro atoms. The minimum atomic E-state index is -3.06. The third kappa shape index (κ3) is 19.9. The molecular formula is C67H84O38. The van der Waals surface area contributed by atoms with Crippen LogP contribution in [0.5, 0.6) is 11.5 Å². The van der Waals surface area contributed by atoms with E-state index in [0.29, 0.717) is 5.56 Å². The summed E-state index contributed by atoms with van der Waals surface area (Å²) in [7, 11) is 0. The molecule has 38 nitrogen and oxygen atoms in total. The van der Waals surface area contributed by atoms with Gasteiger partial charge in [-0.1, -0.05) is 42.5 Å². The molecule has 6 aliphatic rings. The molecule has 29 atom stereocenters. The quantitative estimate of drug-likeness (QED) is 0.0192. The average Bonchev–Trinajstić information content (AvgIpc) is 1.65. The highest BCUT2D eigenvalue weighted by Crippen LogP contribution is 2.43. The van der Waals surface area contributed by atoms with E-state index < -0.39 is 253 Å². The van der Waals surface area contributed by atoms with Gasteiger partial charge in [0.05, 0.1) is 31.5 Å². The van der Waals surface area contributed by atoms with E-state index in [1.165, 1.54) is 97.9 Å². The minimum Gasteiger partial charge on any atom is -0.508 e. The van der Waals surface area contributed by atoms with Gasteiger partial charge in [-0.05, 0) is 66.6 Å². The molecule has 6 heterocycles. The van der Waals surface area contributed by atoms with Gasteiger partial charge >= 0.3 is 35.8 Å². The Morgan fingerprint density at radius 3 is 1.46 bits per heavy atom. The van der Waals surface area contributed by atoms with Gasteiger partial charge in [-0.2, -0.15) is 0 Å². The normalized spacial score (nSPS) is 37.8. The molecule has 580 valence electrons. The second-order valence-electron chi connectivity index (χ2n) is 25.0. The largest absolute Gasteiger partial charge is 0.508 e. The predicted octanol–water partition coefficient (Wildman–Crippen LogP) is -5.91. The second kappa shape index (κ2) is 36.5. The van der Waals surface area contributed by atoms with Crippen LogP contribution in [0.1, 0.15) is 49.2 Å². The number of hydrogen-bond acceptors (Lipinski definition) is 38. The third-order valence-electron chi connectivity index (χ3n) is 17.5. The molecule has 0 unspecified atom stereocenters. The lowest BCUT2D eigenvalue weighted by molar-refractivity contribution is -0.423. The first kappa shape index (κ1) is 81.7. The minimum absolute atomic E-state index is 0.0547. The number of benzene rings is 3. The molecule has 0 radical (unpaired) electrons. The fourth-order valence-corrected chi connectivity index (χ4v) is 12.0. The van der Waals surface area contributed by atoms with E-state index in [0.717, 1.165) is 32.9 Å². The summed E-state index contributed by atoms with van der Waals surface area (Å²) >= 11 is 0. The summed E-state index contributed by atoms with van der Waals surface area (Å²) in [4.78, 5) is 81.5. The molecule has 6 aliphatic heterocycles. The van der Waals surface area contributed by atoms with Crippen molar-refractivity contribution in [1.82, 2.24) is 0 Å². The summed E-state index contributed by atoms with van der Waals surface area (Å²) in [6.45, 7) is -2.43. The van der Waals surface area contributed by atoms with Crippen LogP contribution >= 0.6 is 0 Å².